The third-order valence-electron chi connectivity index (χ3n) is 4.54. The number of nitrogens with one attached hydrogen (secondary N) is 1. The van der Waals surface area contributed by atoms with Gasteiger partial charge in [0.1, 0.15) is 0 Å². The van der Waals surface area contributed by atoms with Crippen molar-refractivity contribution in [2.45, 2.75) is 26.8 Å². The molecular weight excluding hydrogens is 332 g/mol. The van der Waals surface area contributed by atoms with Gasteiger partial charge in [0.05, 0.1) is 10.7 Å². The standard InChI is InChI=1S/C18H28N6S/c1-15-14-16(2)24(21-15)8-5-7-20-18(19-3)23-11-9-22(10-12-23)17-6-4-13-25-17/h4,6,13-14H,5,7-12H2,1-3H3,(H,19,20). The predicted octanol–water partition coefficient (Wildman–Crippen LogP) is 2.35. The van der Waals surface area contributed by atoms with Gasteiger partial charge in [0, 0.05) is 52.0 Å². The van der Waals surface area contributed by atoms with Gasteiger partial charge in [0.25, 0.3) is 0 Å². The Labute approximate surface area is 154 Å². The number of guanidine groups is 1. The Bertz CT molecular complexity index is 682. The summed E-state index contributed by atoms with van der Waals surface area (Å²) in [6, 6.07) is 6.45. The van der Waals surface area contributed by atoms with Gasteiger partial charge in [-0.25, -0.2) is 0 Å². The van der Waals surface area contributed by atoms with E-state index < -0.39 is 0 Å². The first-order chi connectivity index (χ1) is 12.2. The topological polar surface area (TPSA) is 48.7 Å². The van der Waals surface area contributed by atoms with Crippen molar-refractivity contribution in [1.82, 2.24) is 20.0 Å². The molecule has 0 atom stereocenters. The molecule has 2 aromatic heterocycles. The lowest BCUT2D eigenvalue weighted by atomic mass is 10.3. The molecule has 1 saturated heterocycles. The highest BCUT2D eigenvalue weighted by Crippen LogP contribution is 2.22. The number of aromatic nitrogens is 2. The molecule has 0 amide bonds. The van der Waals surface area contributed by atoms with Crippen LogP contribution in [0.25, 0.3) is 0 Å². The van der Waals surface area contributed by atoms with E-state index in [2.05, 4.69) is 60.4 Å². The molecule has 0 saturated carbocycles. The van der Waals surface area contributed by atoms with Crippen molar-refractivity contribution < 1.29 is 0 Å². The number of hydrogen-bond acceptors (Lipinski definition) is 4. The van der Waals surface area contributed by atoms with Crippen LogP contribution in [0, 0.1) is 13.8 Å². The van der Waals surface area contributed by atoms with Crippen molar-refractivity contribution in [3.05, 3.63) is 35.0 Å². The molecule has 136 valence electrons. The molecule has 0 radical (unpaired) electrons. The summed E-state index contributed by atoms with van der Waals surface area (Å²) in [6.45, 7) is 10.1. The van der Waals surface area contributed by atoms with E-state index >= 15 is 0 Å². The molecule has 7 heteroatoms. The Morgan fingerprint density at radius 3 is 2.68 bits per heavy atom. The summed E-state index contributed by atoms with van der Waals surface area (Å²) in [5, 5.41) is 11.5. The van der Waals surface area contributed by atoms with Gasteiger partial charge in [-0.05, 0) is 43.8 Å². The fraction of sp³-hybridized carbons (Fsp3) is 0.556. The molecule has 6 nitrogen and oxygen atoms in total. The van der Waals surface area contributed by atoms with Crippen LogP contribution in [0.2, 0.25) is 0 Å². The van der Waals surface area contributed by atoms with E-state index in [9.17, 15) is 0 Å². The van der Waals surface area contributed by atoms with Gasteiger partial charge < -0.3 is 15.1 Å². The minimum atomic E-state index is 0.913. The van der Waals surface area contributed by atoms with Crippen LogP contribution in [-0.2, 0) is 6.54 Å². The van der Waals surface area contributed by atoms with Crippen molar-refractivity contribution in [1.29, 1.82) is 0 Å². The van der Waals surface area contributed by atoms with Crippen molar-refractivity contribution in [3.63, 3.8) is 0 Å². The van der Waals surface area contributed by atoms with Crippen LogP contribution in [0.4, 0.5) is 5.00 Å². The normalized spacial score (nSPS) is 15.7. The largest absolute Gasteiger partial charge is 0.360 e. The zero-order valence-corrected chi connectivity index (χ0v) is 16.2. The summed E-state index contributed by atoms with van der Waals surface area (Å²) < 4.78 is 2.08. The number of rotatable bonds is 5. The molecule has 1 aliphatic heterocycles. The number of nitrogens with zero attached hydrogens (tertiary/aromatic N) is 5. The lowest BCUT2D eigenvalue weighted by Crippen LogP contribution is -2.52. The van der Waals surface area contributed by atoms with Gasteiger partial charge in [-0.15, -0.1) is 11.3 Å². The van der Waals surface area contributed by atoms with Crippen LogP contribution in [-0.4, -0.2) is 60.4 Å². The van der Waals surface area contributed by atoms with Gasteiger partial charge >= 0.3 is 0 Å². The third kappa shape index (κ3) is 4.54. The lowest BCUT2D eigenvalue weighted by Gasteiger charge is -2.37. The number of hydrogen-bond donors (Lipinski definition) is 1. The molecular formula is C18H28N6S. The van der Waals surface area contributed by atoms with Gasteiger partial charge in [-0.3, -0.25) is 9.67 Å². The summed E-state index contributed by atoms with van der Waals surface area (Å²) >= 11 is 1.82. The van der Waals surface area contributed by atoms with Crippen molar-refractivity contribution in [3.8, 4) is 0 Å². The second kappa shape index (κ2) is 8.38. The molecule has 0 bridgehead atoms. The minimum Gasteiger partial charge on any atom is -0.360 e. The SMILES string of the molecule is CN=C(NCCCn1nc(C)cc1C)N1CCN(c2cccs2)CC1. The molecule has 25 heavy (non-hydrogen) atoms. The number of thiophene rings is 1. The molecule has 1 aliphatic rings. The van der Waals surface area contributed by atoms with Crippen LogP contribution in [0.5, 0.6) is 0 Å². The quantitative estimate of drug-likeness (QED) is 0.505. The van der Waals surface area contributed by atoms with Gasteiger partial charge in [0.15, 0.2) is 5.96 Å². The first-order valence-electron chi connectivity index (χ1n) is 8.92. The van der Waals surface area contributed by atoms with Crippen molar-refractivity contribution in [2.75, 3.05) is 44.7 Å². The third-order valence-corrected chi connectivity index (χ3v) is 5.47. The Balaban J connectivity index is 1.42. The van der Waals surface area contributed by atoms with E-state index in [1.807, 2.05) is 25.3 Å². The molecule has 0 aromatic carbocycles. The molecule has 0 aliphatic carbocycles. The average molecular weight is 361 g/mol. The van der Waals surface area contributed by atoms with Crippen LogP contribution < -0.4 is 10.2 Å². The Morgan fingerprint density at radius 2 is 2.08 bits per heavy atom. The molecule has 2 aromatic rings. The summed E-state index contributed by atoms with van der Waals surface area (Å²) in [7, 11) is 1.87. The second-order valence-corrected chi connectivity index (χ2v) is 7.33. The zero-order valence-electron chi connectivity index (χ0n) is 15.4. The highest BCUT2D eigenvalue weighted by atomic mass is 32.1. The highest BCUT2D eigenvalue weighted by molar-refractivity contribution is 7.14. The molecule has 0 spiro atoms. The number of piperazine rings is 1. The number of aliphatic imine (C=N–C) groups is 1. The van der Waals surface area contributed by atoms with Crippen LogP contribution in [0.15, 0.2) is 28.6 Å². The van der Waals surface area contributed by atoms with Crippen molar-refractivity contribution in [2.24, 2.45) is 4.99 Å². The fourth-order valence-corrected chi connectivity index (χ4v) is 4.04. The van der Waals surface area contributed by atoms with E-state index in [1.165, 1.54) is 10.7 Å². The monoisotopic (exact) mass is 360 g/mol. The maximum Gasteiger partial charge on any atom is 0.193 e. The first-order valence-corrected chi connectivity index (χ1v) is 9.80. The summed E-state index contributed by atoms with van der Waals surface area (Å²) in [5.41, 5.74) is 2.32. The maximum absolute atomic E-state index is 4.51. The van der Waals surface area contributed by atoms with Crippen LogP contribution >= 0.6 is 11.3 Å². The van der Waals surface area contributed by atoms with Gasteiger partial charge in [-0.1, -0.05) is 0 Å². The van der Waals surface area contributed by atoms with E-state index in [-0.39, 0.29) is 0 Å². The number of anilines is 1. The Morgan fingerprint density at radius 1 is 1.28 bits per heavy atom. The summed E-state index contributed by atoms with van der Waals surface area (Å²) in [5.74, 6) is 1.01. The predicted molar refractivity (Wildman–Crippen MR) is 106 cm³/mol. The summed E-state index contributed by atoms with van der Waals surface area (Å²) in [4.78, 5) is 9.27. The number of aryl methyl sites for hydroxylation is 3. The molecule has 1 fully saturated rings. The minimum absolute atomic E-state index is 0.913. The molecule has 3 heterocycles. The van der Waals surface area contributed by atoms with E-state index in [0.29, 0.717) is 0 Å². The Hall–Kier alpha value is -2.02. The Kier molecular flexibility index (Phi) is 5.96. The summed E-state index contributed by atoms with van der Waals surface area (Å²) in [6.07, 6.45) is 1.04. The maximum atomic E-state index is 4.51. The molecule has 1 N–H and O–H groups in total. The lowest BCUT2D eigenvalue weighted by molar-refractivity contribution is 0.372. The zero-order chi connectivity index (χ0) is 17.6. The molecule has 0 unspecified atom stereocenters. The molecule has 3 rings (SSSR count). The van der Waals surface area contributed by atoms with E-state index in [4.69, 9.17) is 0 Å². The second-order valence-electron chi connectivity index (χ2n) is 6.40. The fourth-order valence-electron chi connectivity index (χ4n) is 3.25. The van der Waals surface area contributed by atoms with Gasteiger partial charge in [0.2, 0.25) is 0 Å². The van der Waals surface area contributed by atoms with Crippen LogP contribution in [0.1, 0.15) is 17.8 Å². The average Bonchev–Trinajstić information content (AvgIpc) is 3.25. The van der Waals surface area contributed by atoms with Crippen molar-refractivity contribution >= 4 is 22.3 Å². The van der Waals surface area contributed by atoms with Crippen LogP contribution in [0.3, 0.4) is 0 Å². The van der Waals surface area contributed by atoms with E-state index in [1.54, 1.807) is 0 Å². The van der Waals surface area contributed by atoms with E-state index in [0.717, 1.165) is 57.3 Å². The van der Waals surface area contributed by atoms with Gasteiger partial charge in [-0.2, -0.15) is 5.10 Å². The first kappa shape index (κ1) is 17.8. The smallest absolute Gasteiger partial charge is 0.193 e. The highest BCUT2D eigenvalue weighted by Gasteiger charge is 2.20.